The smallest absolute Gasteiger partial charge is 0.267 e. The van der Waals surface area contributed by atoms with E-state index in [1.165, 1.54) is 0 Å². The third kappa shape index (κ3) is 3.08. The molecule has 3 rings (SSSR count). The SMILES string of the molecule is CC(C)N1CCC(NC(=O)c2cc3ccncc3[nH]2)CC1. The minimum absolute atomic E-state index is 0.0193. The largest absolute Gasteiger partial charge is 0.349 e. The second-order valence-electron chi connectivity index (χ2n) is 6.02. The number of H-pyrrole nitrogens is 1. The van der Waals surface area contributed by atoms with Gasteiger partial charge in [0, 0.05) is 36.8 Å². The molecule has 1 saturated heterocycles. The van der Waals surface area contributed by atoms with Gasteiger partial charge in [0.15, 0.2) is 0 Å². The van der Waals surface area contributed by atoms with Crippen LogP contribution in [0.2, 0.25) is 0 Å². The number of piperidine rings is 1. The highest BCUT2D eigenvalue weighted by Gasteiger charge is 2.22. The Morgan fingerprint density at radius 1 is 1.43 bits per heavy atom. The molecule has 1 amide bonds. The van der Waals surface area contributed by atoms with E-state index in [0.717, 1.165) is 36.8 Å². The van der Waals surface area contributed by atoms with Crippen LogP contribution in [0.5, 0.6) is 0 Å². The quantitative estimate of drug-likeness (QED) is 0.909. The zero-order chi connectivity index (χ0) is 14.8. The minimum atomic E-state index is -0.0193. The zero-order valence-corrected chi connectivity index (χ0v) is 12.6. The van der Waals surface area contributed by atoms with Crippen molar-refractivity contribution in [1.29, 1.82) is 0 Å². The number of fused-ring (bicyclic) bond motifs is 1. The Morgan fingerprint density at radius 2 is 2.19 bits per heavy atom. The maximum Gasteiger partial charge on any atom is 0.267 e. The van der Waals surface area contributed by atoms with Gasteiger partial charge in [-0.05, 0) is 38.8 Å². The molecule has 5 nitrogen and oxygen atoms in total. The van der Waals surface area contributed by atoms with Gasteiger partial charge in [-0.3, -0.25) is 9.78 Å². The Bertz CT molecular complexity index is 593. The van der Waals surface area contributed by atoms with E-state index in [4.69, 9.17) is 0 Å². The molecule has 5 heteroatoms. The number of pyridine rings is 1. The van der Waals surface area contributed by atoms with E-state index in [-0.39, 0.29) is 11.9 Å². The first-order chi connectivity index (χ1) is 10.1. The Hall–Kier alpha value is -1.88. The van der Waals surface area contributed by atoms with Crippen LogP contribution in [0.3, 0.4) is 0 Å². The molecule has 1 aliphatic rings. The van der Waals surface area contributed by atoms with Crippen molar-refractivity contribution in [3.05, 3.63) is 30.2 Å². The fourth-order valence-electron chi connectivity index (χ4n) is 2.92. The lowest BCUT2D eigenvalue weighted by Gasteiger charge is -2.34. The van der Waals surface area contributed by atoms with E-state index >= 15 is 0 Å². The zero-order valence-electron chi connectivity index (χ0n) is 12.6. The highest BCUT2D eigenvalue weighted by atomic mass is 16.1. The molecule has 0 aliphatic carbocycles. The van der Waals surface area contributed by atoms with Gasteiger partial charge in [-0.1, -0.05) is 0 Å². The predicted octanol–water partition coefficient (Wildman–Crippen LogP) is 2.17. The Kier molecular flexibility index (Phi) is 3.92. The third-order valence-corrected chi connectivity index (χ3v) is 4.26. The standard InChI is InChI=1S/C16H22N4O/c1-11(2)20-7-4-13(5-8-20)18-16(21)14-9-12-3-6-17-10-15(12)19-14/h3,6,9-11,13,19H,4-5,7-8H2,1-2H3,(H,18,21). The lowest BCUT2D eigenvalue weighted by atomic mass is 10.0. The molecule has 0 saturated carbocycles. The van der Waals surface area contributed by atoms with Crippen LogP contribution in [0.15, 0.2) is 24.5 Å². The van der Waals surface area contributed by atoms with Crippen molar-refractivity contribution in [2.75, 3.05) is 13.1 Å². The molecule has 1 fully saturated rings. The molecule has 1 aliphatic heterocycles. The van der Waals surface area contributed by atoms with Crippen molar-refractivity contribution in [2.45, 2.75) is 38.8 Å². The van der Waals surface area contributed by atoms with Crippen LogP contribution in [0.1, 0.15) is 37.2 Å². The van der Waals surface area contributed by atoms with Crippen molar-refractivity contribution in [2.24, 2.45) is 0 Å². The van der Waals surface area contributed by atoms with Crippen molar-refractivity contribution >= 4 is 16.8 Å². The summed E-state index contributed by atoms with van der Waals surface area (Å²) in [7, 11) is 0. The van der Waals surface area contributed by atoms with Crippen LogP contribution in [0.25, 0.3) is 10.9 Å². The highest BCUT2D eigenvalue weighted by molar-refractivity contribution is 5.97. The van der Waals surface area contributed by atoms with Crippen LogP contribution in [-0.2, 0) is 0 Å². The maximum absolute atomic E-state index is 12.3. The van der Waals surface area contributed by atoms with Crippen LogP contribution < -0.4 is 5.32 Å². The lowest BCUT2D eigenvalue weighted by molar-refractivity contribution is 0.0896. The molecule has 0 atom stereocenters. The van der Waals surface area contributed by atoms with Crippen molar-refractivity contribution in [3.8, 4) is 0 Å². The number of aromatic amines is 1. The fourth-order valence-corrected chi connectivity index (χ4v) is 2.92. The van der Waals surface area contributed by atoms with E-state index in [9.17, 15) is 4.79 Å². The van der Waals surface area contributed by atoms with E-state index in [0.29, 0.717) is 11.7 Å². The second kappa shape index (κ2) is 5.85. The van der Waals surface area contributed by atoms with Crippen molar-refractivity contribution in [3.63, 3.8) is 0 Å². The molecule has 2 aromatic heterocycles. The summed E-state index contributed by atoms with van der Waals surface area (Å²) in [6.45, 7) is 6.55. The van der Waals surface area contributed by atoms with Gasteiger partial charge in [-0.2, -0.15) is 0 Å². The van der Waals surface area contributed by atoms with Crippen LogP contribution in [-0.4, -0.2) is 45.9 Å². The van der Waals surface area contributed by atoms with Crippen LogP contribution in [0, 0.1) is 0 Å². The summed E-state index contributed by atoms with van der Waals surface area (Å²) in [5, 5.41) is 4.16. The predicted molar refractivity (Wildman–Crippen MR) is 83.3 cm³/mol. The molecule has 0 radical (unpaired) electrons. The number of likely N-dealkylation sites (tertiary alicyclic amines) is 1. The molecule has 0 unspecified atom stereocenters. The van der Waals surface area contributed by atoms with Gasteiger partial charge in [0.05, 0.1) is 11.7 Å². The number of nitrogens with zero attached hydrogens (tertiary/aromatic N) is 2. The summed E-state index contributed by atoms with van der Waals surface area (Å²) in [6.07, 6.45) is 5.52. The van der Waals surface area contributed by atoms with Gasteiger partial charge < -0.3 is 15.2 Å². The molecule has 112 valence electrons. The maximum atomic E-state index is 12.3. The Balaban J connectivity index is 1.62. The average molecular weight is 286 g/mol. The molecular formula is C16H22N4O. The summed E-state index contributed by atoms with van der Waals surface area (Å²) in [5.41, 5.74) is 1.52. The Labute approximate surface area is 124 Å². The molecule has 3 heterocycles. The van der Waals surface area contributed by atoms with Crippen molar-refractivity contribution in [1.82, 2.24) is 20.2 Å². The molecular weight excluding hydrogens is 264 g/mol. The van der Waals surface area contributed by atoms with E-state index in [2.05, 4.69) is 34.0 Å². The van der Waals surface area contributed by atoms with Gasteiger partial charge >= 0.3 is 0 Å². The molecule has 2 N–H and O–H groups in total. The third-order valence-electron chi connectivity index (χ3n) is 4.26. The number of hydrogen-bond donors (Lipinski definition) is 2. The number of carbonyl (C=O) groups excluding carboxylic acids is 1. The van der Waals surface area contributed by atoms with Gasteiger partial charge in [-0.25, -0.2) is 0 Å². The summed E-state index contributed by atoms with van der Waals surface area (Å²) in [4.78, 5) is 22.0. The number of carbonyl (C=O) groups is 1. The number of rotatable bonds is 3. The molecule has 0 bridgehead atoms. The van der Waals surface area contributed by atoms with Crippen LogP contribution >= 0.6 is 0 Å². The van der Waals surface area contributed by atoms with Crippen LogP contribution in [0.4, 0.5) is 0 Å². The molecule has 0 aromatic carbocycles. The number of hydrogen-bond acceptors (Lipinski definition) is 3. The van der Waals surface area contributed by atoms with E-state index in [1.807, 2.05) is 12.1 Å². The number of amides is 1. The van der Waals surface area contributed by atoms with E-state index < -0.39 is 0 Å². The minimum Gasteiger partial charge on any atom is -0.349 e. The van der Waals surface area contributed by atoms with Gasteiger partial charge in [0.2, 0.25) is 0 Å². The summed E-state index contributed by atoms with van der Waals surface area (Å²) in [5.74, 6) is -0.0193. The van der Waals surface area contributed by atoms with Gasteiger partial charge in [0.25, 0.3) is 5.91 Å². The first-order valence-electron chi connectivity index (χ1n) is 7.61. The topological polar surface area (TPSA) is 61.0 Å². The number of nitrogens with one attached hydrogen (secondary N) is 2. The monoisotopic (exact) mass is 286 g/mol. The Morgan fingerprint density at radius 3 is 2.86 bits per heavy atom. The normalized spacial score (nSPS) is 17.5. The second-order valence-corrected chi connectivity index (χ2v) is 6.02. The lowest BCUT2D eigenvalue weighted by Crippen LogP contribution is -2.46. The first kappa shape index (κ1) is 14.1. The average Bonchev–Trinajstić information content (AvgIpc) is 2.92. The summed E-state index contributed by atoms with van der Waals surface area (Å²) >= 11 is 0. The molecule has 0 spiro atoms. The van der Waals surface area contributed by atoms with Gasteiger partial charge in [0.1, 0.15) is 5.69 Å². The van der Waals surface area contributed by atoms with E-state index in [1.54, 1.807) is 12.4 Å². The first-order valence-corrected chi connectivity index (χ1v) is 7.61. The van der Waals surface area contributed by atoms with Gasteiger partial charge in [-0.15, -0.1) is 0 Å². The number of aromatic nitrogens is 2. The summed E-state index contributed by atoms with van der Waals surface area (Å²) < 4.78 is 0. The highest BCUT2D eigenvalue weighted by Crippen LogP contribution is 2.16. The fraction of sp³-hybridized carbons (Fsp3) is 0.500. The van der Waals surface area contributed by atoms with Crippen molar-refractivity contribution < 1.29 is 4.79 Å². The summed E-state index contributed by atoms with van der Waals surface area (Å²) in [6, 6.07) is 4.65. The molecule has 21 heavy (non-hydrogen) atoms. The molecule has 2 aromatic rings.